The van der Waals surface area contributed by atoms with Crippen molar-refractivity contribution < 1.29 is 0 Å². The molecule has 4 nitrogen and oxygen atoms in total. The molecule has 0 bridgehead atoms. The first-order valence-electron chi connectivity index (χ1n) is 10.9. The molecule has 1 saturated heterocycles. The number of halogens is 1. The molecule has 1 N–H and O–H groups in total. The van der Waals surface area contributed by atoms with E-state index in [0.29, 0.717) is 0 Å². The van der Waals surface area contributed by atoms with Crippen molar-refractivity contribution in [2.24, 2.45) is 0 Å². The van der Waals surface area contributed by atoms with Gasteiger partial charge < -0.3 is 14.8 Å². The third kappa shape index (κ3) is 4.42. The lowest BCUT2D eigenvalue weighted by Gasteiger charge is -2.47. The Morgan fingerprint density at radius 2 is 1.77 bits per heavy atom. The number of rotatable bonds is 7. The number of likely N-dealkylation sites (tertiary alicyclic amines) is 1. The van der Waals surface area contributed by atoms with Crippen molar-refractivity contribution in [2.75, 3.05) is 47.3 Å². The van der Waals surface area contributed by atoms with Crippen molar-refractivity contribution in [1.29, 1.82) is 0 Å². The Hall–Kier alpha value is -1.85. The number of hydrogen-bond acceptors (Lipinski definition) is 3. The molecular formula is C25H33ClN4. The van der Waals surface area contributed by atoms with Crippen LogP contribution in [-0.2, 0) is 12.1 Å². The molecule has 0 radical (unpaired) electrons. The van der Waals surface area contributed by atoms with Gasteiger partial charge in [-0.2, -0.15) is 0 Å². The molecule has 2 aromatic carbocycles. The molecule has 1 aromatic heterocycles. The predicted octanol–water partition coefficient (Wildman–Crippen LogP) is 4.81. The summed E-state index contributed by atoms with van der Waals surface area (Å²) in [6, 6.07) is 17.1. The van der Waals surface area contributed by atoms with Crippen LogP contribution in [0.3, 0.4) is 0 Å². The number of aromatic amines is 1. The van der Waals surface area contributed by atoms with E-state index in [4.69, 9.17) is 11.6 Å². The summed E-state index contributed by atoms with van der Waals surface area (Å²) in [6.07, 6.45) is 4.47. The van der Waals surface area contributed by atoms with Crippen molar-refractivity contribution in [3.05, 3.63) is 70.9 Å². The summed E-state index contributed by atoms with van der Waals surface area (Å²) in [4.78, 5) is 10.8. The topological polar surface area (TPSA) is 25.5 Å². The highest BCUT2D eigenvalue weighted by atomic mass is 35.5. The minimum atomic E-state index is 0.160. The first-order valence-corrected chi connectivity index (χ1v) is 11.3. The highest BCUT2D eigenvalue weighted by molar-refractivity contribution is 6.31. The summed E-state index contributed by atoms with van der Waals surface area (Å²) < 4.78 is 0. The molecule has 0 aliphatic carbocycles. The molecule has 4 rings (SSSR count). The van der Waals surface area contributed by atoms with E-state index in [1.165, 1.54) is 29.4 Å². The predicted molar refractivity (Wildman–Crippen MR) is 127 cm³/mol. The number of hydrogen-bond donors (Lipinski definition) is 1. The number of benzene rings is 2. The zero-order valence-corrected chi connectivity index (χ0v) is 19.1. The monoisotopic (exact) mass is 424 g/mol. The van der Waals surface area contributed by atoms with Crippen LogP contribution in [0, 0.1) is 0 Å². The average molecular weight is 425 g/mol. The summed E-state index contributed by atoms with van der Waals surface area (Å²) in [7, 11) is 6.66. The highest BCUT2D eigenvalue weighted by Gasteiger charge is 2.37. The van der Waals surface area contributed by atoms with Crippen LogP contribution in [0.25, 0.3) is 10.9 Å². The first-order chi connectivity index (χ1) is 14.5. The van der Waals surface area contributed by atoms with Gasteiger partial charge in [0.25, 0.3) is 0 Å². The quantitative estimate of drug-likeness (QED) is 0.589. The van der Waals surface area contributed by atoms with Crippen molar-refractivity contribution in [1.82, 2.24) is 19.7 Å². The van der Waals surface area contributed by atoms with E-state index in [9.17, 15) is 0 Å². The Balaban J connectivity index is 1.32. The Bertz CT molecular complexity index is 958. The van der Waals surface area contributed by atoms with Crippen LogP contribution in [0.5, 0.6) is 0 Å². The molecule has 0 saturated carbocycles. The average Bonchev–Trinajstić information content (AvgIpc) is 3.15. The third-order valence-electron chi connectivity index (χ3n) is 6.82. The van der Waals surface area contributed by atoms with E-state index in [2.05, 4.69) is 89.5 Å². The zero-order chi connectivity index (χ0) is 21.1. The molecule has 30 heavy (non-hydrogen) atoms. The maximum atomic E-state index is 6.20. The number of likely N-dealkylation sites (N-methyl/N-ethyl adjacent to an activating group) is 1. The Morgan fingerprint density at radius 3 is 2.47 bits per heavy atom. The van der Waals surface area contributed by atoms with Gasteiger partial charge in [-0.25, -0.2) is 0 Å². The molecule has 160 valence electrons. The lowest BCUT2D eigenvalue weighted by atomic mass is 9.80. The molecule has 3 aromatic rings. The van der Waals surface area contributed by atoms with Crippen LogP contribution in [0.2, 0.25) is 5.02 Å². The number of H-pyrrole nitrogens is 1. The molecule has 5 heteroatoms. The van der Waals surface area contributed by atoms with Gasteiger partial charge in [0.2, 0.25) is 0 Å². The second-order valence-corrected chi connectivity index (χ2v) is 9.31. The van der Waals surface area contributed by atoms with Crippen LogP contribution in [0.4, 0.5) is 0 Å². The normalized spacial score (nSPS) is 17.3. The molecule has 0 unspecified atom stereocenters. The SMILES string of the molecule is CN(CCN1CCC(c2ccccc2)(N(C)C)CC1)Cc1c[nH]c2ccc(Cl)cc12. The minimum absolute atomic E-state index is 0.160. The number of fused-ring (bicyclic) bond motifs is 1. The molecule has 1 fully saturated rings. The van der Waals surface area contributed by atoms with Crippen LogP contribution in [0.15, 0.2) is 54.7 Å². The van der Waals surface area contributed by atoms with Crippen molar-refractivity contribution in [3.8, 4) is 0 Å². The molecule has 0 atom stereocenters. The number of piperidine rings is 1. The van der Waals surface area contributed by atoms with Gasteiger partial charge in [-0.15, -0.1) is 0 Å². The van der Waals surface area contributed by atoms with Gasteiger partial charge in [0, 0.05) is 60.4 Å². The first kappa shape index (κ1) is 21.4. The van der Waals surface area contributed by atoms with Crippen molar-refractivity contribution in [3.63, 3.8) is 0 Å². The molecule has 0 spiro atoms. The summed E-state index contributed by atoms with van der Waals surface area (Å²) in [6.45, 7) is 5.39. The molecule has 0 amide bonds. The van der Waals surface area contributed by atoms with E-state index >= 15 is 0 Å². The Kier molecular flexibility index (Phi) is 6.49. The van der Waals surface area contributed by atoms with E-state index in [1.807, 2.05) is 6.07 Å². The lowest BCUT2D eigenvalue weighted by molar-refractivity contribution is 0.0504. The number of nitrogens with one attached hydrogen (secondary N) is 1. The molecule has 1 aliphatic heterocycles. The summed E-state index contributed by atoms with van der Waals surface area (Å²) in [5, 5.41) is 2.02. The second kappa shape index (κ2) is 9.11. The fourth-order valence-corrected chi connectivity index (χ4v) is 5.02. The molecule has 2 heterocycles. The van der Waals surface area contributed by atoms with Gasteiger partial charge in [0.15, 0.2) is 0 Å². The van der Waals surface area contributed by atoms with Crippen molar-refractivity contribution in [2.45, 2.75) is 24.9 Å². The third-order valence-corrected chi connectivity index (χ3v) is 7.05. The van der Waals surface area contributed by atoms with Crippen LogP contribution in [0.1, 0.15) is 24.0 Å². The van der Waals surface area contributed by atoms with Gasteiger partial charge >= 0.3 is 0 Å². The van der Waals surface area contributed by atoms with Gasteiger partial charge in [0.05, 0.1) is 0 Å². The lowest BCUT2D eigenvalue weighted by Crippen LogP contribution is -2.51. The standard InChI is InChI=1S/C25H33ClN4/c1-28(2)25(21-7-5-4-6-8-21)11-13-30(14-12-25)16-15-29(3)19-20-18-27-24-10-9-22(26)17-23(20)24/h4-10,17-18,27H,11-16,19H2,1-3H3. The zero-order valence-electron chi connectivity index (χ0n) is 18.4. The maximum Gasteiger partial charge on any atom is 0.0479 e. The van der Waals surface area contributed by atoms with Crippen molar-refractivity contribution >= 4 is 22.5 Å². The number of nitrogens with zero attached hydrogens (tertiary/aromatic N) is 3. The summed E-state index contributed by atoms with van der Waals surface area (Å²) in [5.41, 5.74) is 4.07. The minimum Gasteiger partial charge on any atom is -0.361 e. The number of aromatic nitrogens is 1. The fourth-order valence-electron chi connectivity index (χ4n) is 4.85. The second-order valence-electron chi connectivity index (χ2n) is 8.88. The maximum absolute atomic E-state index is 6.20. The largest absolute Gasteiger partial charge is 0.361 e. The Labute approximate surface area is 185 Å². The van der Waals surface area contributed by atoms with Gasteiger partial charge in [0.1, 0.15) is 0 Å². The van der Waals surface area contributed by atoms with Gasteiger partial charge in [-0.3, -0.25) is 4.90 Å². The fraction of sp³-hybridized carbons (Fsp3) is 0.440. The van der Waals surface area contributed by atoms with Crippen LogP contribution >= 0.6 is 11.6 Å². The van der Waals surface area contributed by atoms with E-state index < -0.39 is 0 Å². The smallest absolute Gasteiger partial charge is 0.0479 e. The van der Waals surface area contributed by atoms with E-state index in [1.54, 1.807) is 0 Å². The van der Waals surface area contributed by atoms with E-state index in [0.717, 1.165) is 43.3 Å². The molecular weight excluding hydrogens is 392 g/mol. The van der Waals surface area contributed by atoms with Crippen LogP contribution in [-0.4, -0.2) is 67.0 Å². The summed E-state index contributed by atoms with van der Waals surface area (Å²) >= 11 is 6.20. The van der Waals surface area contributed by atoms with Gasteiger partial charge in [-0.05, 0) is 63.3 Å². The highest BCUT2D eigenvalue weighted by Crippen LogP contribution is 2.37. The van der Waals surface area contributed by atoms with Gasteiger partial charge in [-0.1, -0.05) is 41.9 Å². The summed E-state index contributed by atoms with van der Waals surface area (Å²) in [5.74, 6) is 0. The molecule has 1 aliphatic rings. The van der Waals surface area contributed by atoms with Crippen LogP contribution < -0.4 is 0 Å². The Morgan fingerprint density at radius 1 is 1.03 bits per heavy atom. The van der Waals surface area contributed by atoms with E-state index in [-0.39, 0.29) is 5.54 Å².